The highest BCUT2D eigenvalue weighted by Gasteiger charge is 2.33. The number of para-hydroxylation sites is 1. The van der Waals surface area contributed by atoms with E-state index < -0.39 is 24.3 Å². The van der Waals surface area contributed by atoms with Crippen LogP contribution in [0.1, 0.15) is 27.0 Å². The third-order valence-electron chi connectivity index (χ3n) is 4.85. The van der Waals surface area contributed by atoms with E-state index in [2.05, 4.69) is 10.6 Å². The topological polar surface area (TPSA) is 67.4 Å². The Balaban J connectivity index is 1.58. The van der Waals surface area contributed by atoms with Crippen LogP contribution in [0.25, 0.3) is 0 Å². The smallest absolute Gasteiger partial charge is 0.418 e. The molecule has 0 aliphatic rings. The zero-order chi connectivity index (χ0) is 23.3. The number of ether oxygens (including phenoxy) is 1. The highest BCUT2D eigenvalue weighted by atomic mass is 19.4. The zero-order valence-electron chi connectivity index (χ0n) is 17.4. The van der Waals surface area contributed by atoms with Gasteiger partial charge in [0.05, 0.1) is 11.3 Å². The van der Waals surface area contributed by atoms with Gasteiger partial charge in [0.2, 0.25) is 0 Å². The van der Waals surface area contributed by atoms with Gasteiger partial charge in [-0.25, -0.2) is 0 Å². The largest absolute Gasteiger partial charge is 0.484 e. The van der Waals surface area contributed by atoms with Crippen LogP contribution in [0.5, 0.6) is 5.75 Å². The first-order valence-electron chi connectivity index (χ1n) is 9.71. The van der Waals surface area contributed by atoms with Gasteiger partial charge < -0.3 is 15.4 Å². The molecule has 0 atom stereocenters. The Morgan fingerprint density at radius 3 is 2.19 bits per heavy atom. The maximum absolute atomic E-state index is 13.0. The van der Waals surface area contributed by atoms with Crippen molar-refractivity contribution in [2.75, 3.05) is 17.2 Å². The first kappa shape index (κ1) is 22.9. The van der Waals surface area contributed by atoms with Crippen molar-refractivity contribution in [1.29, 1.82) is 0 Å². The van der Waals surface area contributed by atoms with Crippen molar-refractivity contribution in [3.05, 3.63) is 89.0 Å². The zero-order valence-corrected chi connectivity index (χ0v) is 17.4. The Hall–Kier alpha value is -3.81. The summed E-state index contributed by atoms with van der Waals surface area (Å²) in [6, 6.07) is 16.4. The minimum atomic E-state index is -4.59. The molecule has 5 nitrogen and oxygen atoms in total. The Morgan fingerprint density at radius 1 is 0.844 bits per heavy atom. The number of benzene rings is 3. The quantitative estimate of drug-likeness (QED) is 0.523. The first-order valence-corrected chi connectivity index (χ1v) is 9.71. The molecule has 0 saturated heterocycles. The van der Waals surface area contributed by atoms with Crippen LogP contribution in [0.3, 0.4) is 0 Å². The molecule has 3 aromatic carbocycles. The molecule has 3 rings (SSSR count). The third-order valence-corrected chi connectivity index (χ3v) is 4.85. The summed E-state index contributed by atoms with van der Waals surface area (Å²) in [4.78, 5) is 24.5. The normalized spacial score (nSPS) is 11.0. The SMILES string of the molecule is Cc1cccc(NC(=O)c2ccc(OCC(=O)Nc3ccccc3C(F)(F)F)cc2)c1C. The second-order valence-electron chi connectivity index (χ2n) is 7.11. The van der Waals surface area contributed by atoms with Crippen molar-refractivity contribution < 1.29 is 27.5 Å². The summed E-state index contributed by atoms with van der Waals surface area (Å²) in [7, 11) is 0. The van der Waals surface area contributed by atoms with Gasteiger partial charge in [-0.3, -0.25) is 9.59 Å². The van der Waals surface area contributed by atoms with Gasteiger partial charge in [0.1, 0.15) is 5.75 Å². The van der Waals surface area contributed by atoms with Crippen LogP contribution in [-0.4, -0.2) is 18.4 Å². The van der Waals surface area contributed by atoms with Crippen molar-refractivity contribution in [2.45, 2.75) is 20.0 Å². The maximum atomic E-state index is 13.0. The van der Waals surface area contributed by atoms with E-state index in [1.807, 2.05) is 32.0 Å². The van der Waals surface area contributed by atoms with Gasteiger partial charge in [-0.15, -0.1) is 0 Å². The summed E-state index contributed by atoms with van der Waals surface area (Å²) in [6.45, 7) is 3.38. The average molecular weight is 442 g/mol. The molecule has 2 N–H and O–H groups in total. The number of nitrogens with one attached hydrogen (secondary N) is 2. The van der Waals surface area contributed by atoms with Crippen LogP contribution in [0.2, 0.25) is 0 Å². The number of aryl methyl sites for hydroxylation is 1. The molecule has 3 aromatic rings. The fourth-order valence-corrected chi connectivity index (χ4v) is 2.96. The van der Waals surface area contributed by atoms with Gasteiger partial charge in [0.15, 0.2) is 6.61 Å². The van der Waals surface area contributed by atoms with E-state index in [1.165, 1.54) is 42.5 Å². The Kier molecular flexibility index (Phi) is 6.82. The number of carbonyl (C=O) groups excluding carboxylic acids is 2. The number of rotatable bonds is 6. The van der Waals surface area contributed by atoms with Crippen molar-refractivity contribution in [3.8, 4) is 5.75 Å². The Bertz CT molecular complexity index is 1130. The van der Waals surface area contributed by atoms with Crippen molar-refractivity contribution in [1.82, 2.24) is 0 Å². The molecule has 0 aliphatic heterocycles. The van der Waals surface area contributed by atoms with E-state index in [9.17, 15) is 22.8 Å². The van der Waals surface area contributed by atoms with E-state index in [-0.39, 0.29) is 11.6 Å². The number of halogens is 3. The molecule has 0 heterocycles. The number of alkyl halides is 3. The molecule has 2 amide bonds. The number of hydrogen-bond donors (Lipinski definition) is 2. The average Bonchev–Trinajstić information content (AvgIpc) is 2.75. The van der Waals surface area contributed by atoms with Crippen molar-refractivity contribution in [3.63, 3.8) is 0 Å². The van der Waals surface area contributed by atoms with Gasteiger partial charge in [-0.1, -0.05) is 24.3 Å². The van der Waals surface area contributed by atoms with Crippen LogP contribution in [-0.2, 0) is 11.0 Å². The standard InChI is InChI=1S/C24H21F3N2O3/c1-15-6-5-9-20(16(15)2)29-23(31)17-10-12-18(13-11-17)32-14-22(30)28-21-8-4-3-7-19(21)24(25,26)27/h3-13H,14H2,1-2H3,(H,28,30)(H,29,31). The molecule has 0 fully saturated rings. The first-order chi connectivity index (χ1) is 15.1. The number of carbonyl (C=O) groups is 2. The van der Waals surface area contributed by atoms with Crippen LogP contribution in [0.4, 0.5) is 24.5 Å². The molecule has 0 spiro atoms. The van der Waals surface area contributed by atoms with Gasteiger partial charge in [0, 0.05) is 11.3 Å². The summed E-state index contributed by atoms with van der Waals surface area (Å²) in [5.41, 5.74) is 1.86. The minimum Gasteiger partial charge on any atom is -0.484 e. The third kappa shape index (κ3) is 5.66. The Morgan fingerprint density at radius 2 is 1.50 bits per heavy atom. The van der Waals surface area contributed by atoms with Gasteiger partial charge >= 0.3 is 6.18 Å². The van der Waals surface area contributed by atoms with E-state index in [4.69, 9.17) is 4.74 Å². The molecule has 0 bridgehead atoms. The summed E-state index contributed by atoms with van der Waals surface area (Å²) < 4.78 is 44.4. The van der Waals surface area contributed by atoms with Crippen molar-refractivity contribution >= 4 is 23.2 Å². The molecule has 0 unspecified atom stereocenters. The predicted molar refractivity (Wildman–Crippen MR) is 116 cm³/mol. The summed E-state index contributed by atoms with van der Waals surface area (Å²) in [6.07, 6.45) is -4.59. The summed E-state index contributed by atoms with van der Waals surface area (Å²) in [5.74, 6) is -0.738. The molecule has 0 radical (unpaired) electrons. The molecule has 8 heteroatoms. The maximum Gasteiger partial charge on any atom is 0.418 e. The fraction of sp³-hybridized carbons (Fsp3) is 0.167. The molecular weight excluding hydrogens is 421 g/mol. The van der Waals surface area contributed by atoms with Crippen LogP contribution in [0.15, 0.2) is 66.7 Å². The van der Waals surface area contributed by atoms with Crippen LogP contribution >= 0.6 is 0 Å². The monoisotopic (exact) mass is 442 g/mol. The van der Waals surface area contributed by atoms with Crippen LogP contribution in [0, 0.1) is 13.8 Å². The van der Waals surface area contributed by atoms with Gasteiger partial charge in [-0.2, -0.15) is 13.2 Å². The molecule has 0 saturated carbocycles. The lowest BCUT2D eigenvalue weighted by Crippen LogP contribution is -2.22. The van der Waals surface area contributed by atoms with Crippen LogP contribution < -0.4 is 15.4 Å². The minimum absolute atomic E-state index is 0.299. The second kappa shape index (κ2) is 9.55. The van der Waals surface area contributed by atoms with E-state index >= 15 is 0 Å². The number of amides is 2. The highest BCUT2D eigenvalue weighted by molar-refractivity contribution is 6.04. The lowest BCUT2D eigenvalue weighted by atomic mass is 10.1. The highest BCUT2D eigenvalue weighted by Crippen LogP contribution is 2.34. The fourth-order valence-electron chi connectivity index (χ4n) is 2.96. The lowest BCUT2D eigenvalue weighted by Gasteiger charge is -2.14. The second-order valence-corrected chi connectivity index (χ2v) is 7.11. The van der Waals surface area contributed by atoms with Gasteiger partial charge in [-0.05, 0) is 67.4 Å². The molecule has 166 valence electrons. The number of hydrogen-bond acceptors (Lipinski definition) is 3. The number of anilines is 2. The predicted octanol–water partition coefficient (Wildman–Crippen LogP) is 5.59. The lowest BCUT2D eigenvalue weighted by molar-refractivity contribution is -0.137. The summed E-state index contributed by atoms with van der Waals surface area (Å²) in [5, 5.41) is 5.05. The Labute approximate surface area is 183 Å². The van der Waals surface area contributed by atoms with E-state index in [0.717, 1.165) is 17.2 Å². The van der Waals surface area contributed by atoms with E-state index in [1.54, 1.807) is 0 Å². The molecule has 0 aromatic heterocycles. The van der Waals surface area contributed by atoms with Crippen molar-refractivity contribution in [2.24, 2.45) is 0 Å². The van der Waals surface area contributed by atoms with E-state index in [0.29, 0.717) is 17.0 Å². The molecule has 32 heavy (non-hydrogen) atoms. The van der Waals surface area contributed by atoms with Gasteiger partial charge in [0.25, 0.3) is 11.8 Å². The molecule has 0 aliphatic carbocycles. The molecular formula is C24H21F3N2O3. The summed E-state index contributed by atoms with van der Waals surface area (Å²) >= 11 is 0.